The van der Waals surface area contributed by atoms with Crippen molar-refractivity contribution in [2.45, 2.75) is 13.8 Å². The summed E-state index contributed by atoms with van der Waals surface area (Å²) in [7, 11) is 0. The van der Waals surface area contributed by atoms with Gasteiger partial charge in [0, 0.05) is 5.02 Å². The standard InChI is InChI=1S/C12H11Cl/c1-8-4-3-5-10-7-12(13)9(2)6-11(8)10/h3-7H,1-2H3. The second-order valence-electron chi connectivity index (χ2n) is 3.40. The normalized spacial score (nSPS) is 10.7. The molecule has 2 aromatic carbocycles. The number of hydrogen-bond acceptors (Lipinski definition) is 0. The van der Waals surface area contributed by atoms with Gasteiger partial charge in [-0.2, -0.15) is 0 Å². The molecule has 0 radical (unpaired) electrons. The molecule has 0 aliphatic rings. The lowest BCUT2D eigenvalue weighted by molar-refractivity contribution is 1.47. The molecule has 0 N–H and O–H groups in total. The minimum absolute atomic E-state index is 0.845. The van der Waals surface area contributed by atoms with Gasteiger partial charge in [0.05, 0.1) is 0 Å². The van der Waals surface area contributed by atoms with Gasteiger partial charge in [-0.25, -0.2) is 0 Å². The van der Waals surface area contributed by atoms with E-state index in [0.717, 1.165) is 10.6 Å². The van der Waals surface area contributed by atoms with Crippen molar-refractivity contribution in [1.29, 1.82) is 0 Å². The van der Waals surface area contributed by atoms with Crippen LogP contribution in [-0.4, -0.2) is 0 Å². The Kier molecular flexibility index (Phi) is 2.01. The fraction of sp³-hybridized carbons (Fsp3) is 0.167. The molecule has 0 atom stereocenters. The molecule has 2 rings (SSSR count). The number of aryl methyl sites for hydroxylation is 2. The van der Waals surface area contributed by atoms with Crippen molar-refractivity contribution in [3.8, 4) is 0 Å². The van der Waals surface area contributed by atoms with Gasteiger partial charge in [-0.3, -0.25) is 0 Å². The summed E-state index contributed by atoms with van der Waals surface area (Å²) >= 11 is 6.04. The van der Waals surface area contributed by atoms with Gasteiger partial charge in [-0.1, -0.05) is 29.8 Å². The summed E-state index contributed by atoms with van der Waals surface area (Å²) in [4.78, 5) is 0. The third kappa shape index (κ3) is 1.42. The molecule has 0 fully saturated rings. The Hall–Kier alpha value is -1.01. The lowest BCUT2D eigenvalue weighted by Crippen LogP contribution is -1.81. The molecule has 0 aliphatic carbocycles. The third-order valence-electron chi connectivity index (χ3n) is 2.38. The highest BCUT2D eigenvalue weighted by atomic mass is 35.5. The molecule has 0 unspecified atom stereocenters. The van der Waals surface area contributed by atoms with Crippen LogP contribution in [0.1, 0.15) is 11.1 Å². The fourth-order valence-electron chi connectivity index (χ4n) is 1.56. The molecule has 0 bridgehead atoms. The molecule has 0 amide bonds. The quantitative estimate of drug-likeness (QED) is 0.587. The maximum atomic E-state index is 6.04. The van der Waals surface area contributed by atoms with Gasteiger partial charge in [0.1, 0.15) is 0 Å². The first-order valence-corrected chi connectivity index (χ1v) is 4.72. The Morgan fingerprint density at radius 1 is 1.00 bits per heavy atom. The minimum Gasteiger partial charge on any atom is -0.0840 e. The van der Waals surface area contributed by atoms with Crippen molar-refractivity contribution < 1.29 is 0 Å². The summed E-state index contributed by atoms with van der Waals surface area (Å²) in [6.07, 6.45) is 0. The van der Waals surface area contributed by atoms with Crippen LogP contribution >= 0.6 is 11.6 Å². The van der Waals surface area contributed by atoms with E-state index >= 15 is 0 Å². The smallest absolute Gasteiger partial charge is 0.0441 e. The molecule has 1 heteroatoms. The zero-order valence-electron chi connectivity index (χ0n) is 7.76. The van der Waals surface area contributed by atoms with E-state index in [1.807, 2.05) is 13.0 Å². The highest BCUT2D eigenvalue weighted by molar-refractivity contribution is 6.32. The van der Waals surface area contributed by atoms with Crippen LogP contribution in [0.5, 0.6) is 0 Å². The number of benzene rings is 2. The molecule has 0 nitrogen and oxygen atoms in total. The lowest BCUT2D eigenvalue weighted by atomic mass is 10.0. The Balaban J connectivity index is 2.89. The molecular formula is C12H11Cl. The zero-order valence-corrected chi connectivity index (χ0v) is 8.52. The molecule has 13 heavy (non-hydrogen) atoms. The van der Waals surface area contributed by atoms with E-state index in [1.165, 1.54) is 16.3 Å². The monoisotopic (exact) mass is 190 g/mol. The molecule has 66 valence electrons. The van der Waals surface area contributed by atoms with Crippen molar-refractivity contribution in [3.05, 3.63) is 46.5 Å². The molecule has 0 heterocycles. The van der Waals surface area contributed by atoms with Crippen molar-refractivity contribution in [1.82, 2.24) is 0 Å². The first-order valence-electron chi connectivity index (χ1n) is 4.34. The maximum Gasteiger partial charge on any atom is 0.0441 e. The minimum atomic E-state index is 0.845. The van der Waals surface area contributed by atoms with Crippen molar-refractivity contribution in [2.24, 2.45) is 0 Å². The van der Waals surface area contributed by atoms with Crippen LogP contribution in [0.2, 0.25) is 5.02 Å². The van der Waals surface area contributed by atoms with Crippen LogP contribution in [0.3, 0.4) is 0 Å². The van der Waals surface area contributed by atoms with E-state index in [1.54, 1.807) is 0 Å². The van der Waals surface area contributed by atoms with Gasteiger partial charge in [-0.05, 0) is 47.9 Å². The van der Waals surface area contributed by atoms with Crippen LogP contribution in [-0.2, 0) is 0 Å². The fourth-order valence-corrected chi connectivity index (χ4v) is 1.73. The Bertz CT molecular complexity index is 458. The highest BCUT2D eigenvalue weighted by Gasteiger charge is 2.00. The third-order valence-corrected chi connectivity index (χ3v) is 2.78. The van der Waals surface area contributed by atoms with E-state index in [0.29, 0.717) is 0 Å². The van der Waals surface area contributed by atoms with Gasteiger partial charge in [-0.15, -0.1) is 0 Å². The molecular weight excluding hydrogens is 180 g/mol. The largest absolute Gasteiger partial charge is 0.0840 e. The van der Waals surface area contributed by atoms with Gasteiger partial charge in [0.15, 0.2) is 0 Å². The maximum absolute atomic E-state index is 6.04. The van der Waals surface area contributed by atoms with E-state index in [9.17, 15) is 0 Å². The van der Waals surface area contributed by atoms with E-state index < -0.39 is 0 Å². The molecule has 0 spiro atoms. The lowest BCUT2D eigenvalue weighted by Gasteiger charge is -2.04. The number of rotatable bonds is 0. The average molecular weight is 191 g/mol. The van der Waals surface area contributed by atoms with Crippen LogP contribution in [0.4, 0.5) is 0 Å². The Morgan fingerprint density at radius 2 is 1.77 bits per heavy atom. The summed E-state index contributed by atoms with van der Waals surface area (Å²) in [6.45, 7) is 4.16. The summed E-state index contributed by atoms with van der Waals surface area (Å²) in [5, 5.41) is 3.36. The summed E-state index contributed by atoms with van der Waals surface area (Å²) in [5.74, 6) is 0. The molecule has 0 aliphatic heterocycles. The van der Waals surface area contributed by atoms with Gasteiger partial charge in [0.25, 0.3) is 0 Å². The number of halogens is 1. The van der Waals surface area contributed by atoms with Gasteiger partial charge in [0.2, 0.25) is 0 Å². The zero-order chi connectivity index (χ0) is 9.42. The van der Waals surface area contributed by atoms with Crippen molar-refractivity contribution in [2.75, 3.05) is 0 Å². The van der Waals surface area contributed by atoms with Gasteiger partial charge < -0.3 is 0 Å². The van der Waals surface area contributed by atoms with E-state index in [2.05, 4.69) is 31.2 Å². The first-order chi connectivity index (χ1) is 6.18. The topological polar surface area (TPSA) is 0 Å². The predicted octanol–water partition coefficient (Wildman–Crippen LogP) is 4.11. The summed E-state index contributed by atoms with van der Waals surface area (Å²) in [6, 6.07) is 10.4. The molecule has 0 saturated carbocycles. The van der Waals surface area contributed by atoms with Crippen LogP contribution in [0.25, 0.3) is 10.8 Å². The Morgan fingerprint density at radius 3 is 2.54 bits per heavy atom. The summed E-state index contributed by atoms with van der Waals surface area (Å²) < 4.78 is 0. The van der Waals surface area contributed by atoms with Crippen LogP contribution < -0.4 is 0 Å². The second kappa shape index (κ2) is 3.04. The van der Waals surface area contributed by atoms with Crippen molar-refractivity contribution >= 4 is 22.4 Å². The molecule has 0 saturated heterocycles. The molecule has 2 aromatic rings. The summed E-state index contributed by atoms with van der Waals surface area (Å²) in [5.41, 5.74) is 2.45. The highest BCUT2D eigenvalue weighted by Crippen LogP contribution is 2.25. The van der Waals surface area contributed by atoms with Gasteiger partial charge >= 0.3 is 0 Å². The SMILES string of the molecule is Cc1cc2c(C)cccc2cc1Cl. The average Bonchev–Trinajstić information content (AvgIpc) is 2.09. The van der Waals surface area contributed by atoms with E-state index in [4.69, 9.17) is 11.6 Å². The number of hydrogen-bond donors (Lipinski definition) is 0. The van der Waals surface area contributed by atoms with E-state index in [-0.39, 0.29) is 0 Å². The molecule has 0 aromatic heterocycles. The van der Waals surface area contributed by atoms with Crippen LogP contribution in [0.15, 0.2) is 30.3 Å². The number of fused-ring (bicyclic) bond motifs is 1. The van der Waals surface area contributed by atoms with Crippen LogP contribution in [0, 0.1) is 13.8 Å². The second-order valence-corrected chi connectivity index (χ2v) is 3.80. The predicted molar refractivity (Wildman–Crippen MR) is 58.4 cm³/mol. The first kappa shape index (κ1) is 8.58. The van der Waals surface area contributed by atoms with Crippen molar-refractivity contribution in [3.63, 3.8) is 0 Å². The Labute approximate surface area is 83.1 Å².